The Hall–Kier alpha value is -1.16. The smallest absolute Gasteiger partial charge is 0.132 e. The van der Waals surface area contributed by atoms with Crippen molar-refractivity contribution in [2.24, 2.45) is 0 Å². The van der Waals surface area contributed by atoms with Crippen LogP contribution in [0.2, 0.25) is 0 Å². The van der Waals surface area contributed by atoms with Gasteiger partial charge >= 0.3 is 0 Å². The molecule has 2 heterocycles. The van der Waals surface area contributed by atoms with Crippen LogP contribution in [0.25, 0.3) is 0 Å². The molecule has 0 unspecified atom stereocenters. The van der Waals surface area contributed by atoms with Crippen LogP contribution in [0.5, 0.6) is 0 Å². The maximum atomic E-state index is 4.44. The predicted molar refractivity (Wildman–Crippen MR) is 61.1 cm³/mol. The van der Waals surface area contributed by atoms with Crippen molar-refractivity contribution < 1.29 is 0 Å². The second-order valence-corrected chi connectivity index (χ2v) is 4.01. The largest absolute Gasteiger partial charge is 0.356 e. The van der Waals surface area contributed by atoms with Crippen molar-refractivity contribution >= 4 is 5.82 Å². The number of aromatic nitrogens is 2. The van der Waals surface area contributed by atoms with E-state index in [1.807, 2.05) is 26.2 Å². The van der Waals surface area contributed by atoms with E-state index in [0.717, 1.165) is 24.7 Å². The molecule has 0 amide bonds. The minimum atomic E-state index is 0.671. The molecule has 1 aromatic heterocycles. The molecule has 1 saturated heterocycles. The van der Waals surface area contributed by atoms with Gasteiger partial charge in [-0.3, -0.25) is 0 Å². The quantitative estimate of drug-likeness (QED) is 0.783. The highest BCUT2D eigenvalue weighted by Gasteiger charge is 2.18. The topological polar surface area (TPSA) is 41.0 Å². The van der Waals surface area contributed by atoms with Gasteiger partial charge < -0.3 is 10.2 Å². The summed E-state index contributed by atoms with van der Waals surface area (Å²) in [4.78, 5) is 10.9. The minimum Gasteiger partial charge on any atom is -0.356 e. The van der Waals surface area contributed by atoms with Gasteiger partial charge in [0, 0.05) is 25.3 Å². The molecule has 0 bridgehead atoms. The van der Waals surface area contributed by atoms with Crippen LogP contribution in [0.4, 0.5) is 5.82 Å². The van der Waals surface area contributed by atoms with Crippen molar-refractivity contribution in [1.29, 1.82) is 0 Å². The van der Waals surface area contributed by atoms with Gasteiger partial charge in [-0.2, -0.15) is 0 Å². The van der Waals surface area contributed by atoms with Crippen LogP contribution in [0.3, 0.4) is 0 Å². The standard InChI is InChI=1S/C11H18N4/c1-9-13-6-3-11(14-9)15-7-4-10(12-2)5-8-15/h3,6,10,12H,4-5,7-8H2,1-2H3. The van der Waals surface area contributed by atoms with Crippen LogP contribution >= 0.6 is 0 Å². The van der Waals surface area contributed by atoms with Crippen LogP contribution in [0.1, 0.15) is 18.7 Å². The van der Waals surface area contributed by atoms with E-state index in [1.54, 1.807) is 0 Å². The van der Waals surface area contributed by atoms with E-state index in [4.69, 9.17) is 0 Å². The van der Waals surface area contributed by atoms with Crippen LogP contribution in [0.15, 0.2) is 12.3 Å². The Morgan fingerprint density at radius 1 is 1.40 bits per heavy atom. The molecule has 1 aliphatic rings. The molecule has 1 aliphatic heterocycles. The van der Waals surface area contributed by atoms with Crippen LogP contribution in [-0.4, -0.2) is 36.1 Å². The third-order valence-corrected chi connectivity index (χ3v) is 2.99. The number of nitrogens with one attached hydrogen (secondary N) is 1. The molecular weight excluding hydrogens is 188 g/mol. The first kappa shape index (κ1) is 10.4. The van der Waals surface area contributed by atoms with E-state index < -0.39 is 0 Å². The first-order valence-corrected chi connectivity index (χ1v) is 5.51. The summed E-state index contributed by atoms with van der Waals surface area (Å²) in [6.45, 7) is 4.10. The van der Waals surface area contributed by atoms with E-state index >= 15 is 0 Å². The summed E-state index contributed by atoms with van der Waals surface area (Å²) >= 11 is 0. The maximum Gasteiger partial charge on any atom is 0.132 e. The molecule has 0 radical (unpaired) electrons. The molecule has 0 aliphatic carbocycles. The Kier molecular flexibility index (Phi) is 3.16. The summed E-state index contributed by atoms with van der Waals surface area (Å²) in [5.74, 6) is 1.92. The van der Waals surface area contributed by atoms with Gasteiger partial charge in [0.05, 0.1) is 0 Å². The van der Waals surface area contributed by atoms with Crippen molar-refractivity contribution in [3.05, 3.63) is 18.1 Å². The van der Waals surface area contributed by atoms with Crippen LogP contribution < -0.4 is 10.2 Å². The second-order valence-electron chi connectivity index (χ2n) is 4.01. The van der Waals surface area contributed by atoms with Gasteiger partial charge in [0.2, 0.25) is 0 Å². The zero-order chi connectivity index (χ0) is 10.7. The molecule has 0 spiro atoms. The third kappa shape index (κ3) is 2.45. The molecule has 0 atom stereocenters. The Morgan fingerprint density at radius 2 is 2.13 bits per heavy atom. The fourth-order valence-corrected chi connectivity index (χ4v) is 2.02. The zero-order valence-electron chi connectivity index (χ0n) is 9.40. The van der Waals surface area contributed by atoms with Gasteiger partial charge in [0.15, 0.2) is 0 Å². The molecule has 1 aromatic rings. The zero-order valence-corrected chi connectivity index (χ0v) is 9.40. The van der Waals surface area contributed by atoms with Crippen molar-refractivity contribution in [2.75, 3.05) is 25.0 Å². The van der Waals surface area contributed by atoms with Crippen LogP contribution in [-0.2, 0) is 0 Å². The summed E-state index contributed by atoms with van der Waals surface area (Å²) < 4.78 is 0. The highest BCUT2D eigenvalue weighted by molar-refractivity contribution is 5.37. The Bertz CT molecular complexity index is 318. The van der Waals surface area contributed by atoms with E-state index in [0.29, 0.717) is 6.04 Å². The number of piperidine rings is 1. The average Bonchev–Trinajstić information content (AvgIpc) is 2.29. The van der Waals surface area contributed by atoms with E-state index in [2.05, 4.69) is 20.2 Å². The first-order valence-electron chi connectivity index (χ1n) is 5.51. The van der Waals surface area contributed by atoms with Gasteiger partial charge in [-0.05, 0) is 32.9 Å². The Morgan fingerprint density at radius 3 is 2.73 bits per heavy atom. The van der Waals surface area contributed by atoms with Crippen molar-refractivity contribution in [3.63, 3.8) is 0 Å². The normalized spacial score (nSPS) is 18.1. The highest BCUT2D eigenvalue weighted by Crippen LogP contribution is 2.16. The number of hydrogen-bond acceptors (Lipinski definition) is 4. The highest BCUT2D eigenvalue weighted by atomic mass is 15.2. The summed E-state index contributed by atoms with van der Waals surface area (Å²) in [7, 11) is 2.04. The fourth-order valence-electron chi connectivity index (χ4n) is 2.02. The molecular formula is C11H18N4. The molecule has 82 valence electrons. The van der Waals surface area contributed by atoms with E-state index in [9.17, 15) is 0 Å². The number of nitrogens with zero attached hydrogens (tertiary/aromatic N) is 3. The predicted octanol–water partition coefficient (Wildman–Crippen LogP) is 0.973. The molecule has 4 nitrogen and oxygen atoms in total. The van der Waals surface area contributed by atoms with Crippen LogP contribution in [0, 0.1) is 6.92 Å². The van der Waals surface area contributed by atoms with Crippen molar-refractivity contribution in [2.45, 2.75) is 25.8 Å². The molecule has 1 N–H and O–H groups in total. The lowest BCUT2D eigenvalue weighted by molar-refractivity contribution is 0.440. The van der Waals surface area contributed by atoms with E-state index in [1.165, 1.54) is 12.8 Å². The summed E-state index contributed by atoms with van der Waals surface area (Å²) in [6, 6.07) is 2.66. The molecule has 1 fully saturated rings. The van der Waals surface area contributed by atoms with Gasteiger partial charge in [0.25, 0.3) is 0 Å². The van der Waals surface area contributed by atoms with Gasteiger partial charge in [-0.15, -0.1) is 0 Å². The maximum absolute atomic E-state index is 4.44. The Balaban J connectivity index is 2.01. The molecule has 15 heavy (non-hydrogen) atoms. The summed E-state index contributed by atoms with van der Waals surface area (Å²) in [5, 5.41) is 3.33. The molecule has 2 rings (SSSR count). The summed E-state index contributed by atoms with van der Waals surface area (Å²) in [5.41, 5.74) is 0. The van der Waals surface area contributed by atoms with Gasteiger partial charge in [-0.25, -0.2) is 9.97 Å². The fraction of sp³-hybridized carbons (Fsp3) is 0.636. The van der Waals surface area contributed by atoms with Crippen molar-refractivity contribution in [1.82, 2.24) is 15.3 Å². The van der Waals surface area contributed by atoms with E-state index in [-0.39, 0.29) is 0 Å². The Labute approximate surface area is 90.7 Å². The molecule has 0 aromatic carbocycles. The van der Waals surface area contributed by atoms with Gasteiger partial charge in [-0.1, -0.05) is 0 Å². The van der Waals surface area contributed by atoms with Crippen molar-refractivity contribution in [3.8, 4) is 0 Å². The SMILES string of the molecule is CNC1CCN(c2ccnc(C)n2)CC1. The first-order chi connectivity index (χ1) is 7.29. The lowest BCUT2D eigenvalue weighted by Crippen LogP contribution is -2.41. The third-order valence-electron chi connectivity index (χ3n) is 2.99. The monoisotopic (exact) mass is 206 g/mol. The number of anilines is 1. The van der Waals surface area contributed by atoms with Gasteiger partial charge in [0.1, 0.15) is 11.6 Å². The average molecular weight is 206 g/mol. The number of hydrogen-bond donors (Lipinski definition) is 1. The lowest BCUT2D eigenvalue weighted by atomic mass is 10.1. The molecule has 0 saturated carbocycles. The second kappa shape index (κ2) is 4.57. The molecule has 4 heteroatoms. The minimum absolute atomic E-state index is 0.671. The number of rotatable bonds is 2. The lowest BCUT2D eigenvalue weighted by Gasteiger charge is -2.32. The summed E-state index contributed by atoms with van der Waals surface area (Å²) in [6.07, 6.45) is 4.22. The number of aryl methyl sites for hydroxylation is 1.